The quantitative estimate of drug-likeness (QED) is 0.174. The standard InChI is InChI=1S/C22H30N4O6.4K.2H2O/c1-24-9-11-25(19(16-28)6-3-13-27)14-17-4-2-5-18(23-17)15-26(12-10-24)20(22(31)32)7-8-21(29)30;;;;;;/h2,4-5,19-20H,3,6-12,14-15H2,1H3,(H,29,30)(H,31,32);;;;;2*1H2/q-2;4*+1;;/p-4/t19-,20+;;;;;;/m1....../s1. The van der Waals surface area contributed by atoms with Gasteiger partial charge in [0.1, 0.15) is 0 Å². The van der Waals surface area contributed by atoms with E-state index in [0.717, 1.165) is 0 Å². The normalized spacial score (nSPS) is 15.7. The zero-order chi connectivity index (χ0) is 23.5. The van der Waals surface area contributed by atoms with Crippen LogP contribution in [0.4, 0.5) is 0 Å². The summed E-state index contributed by atoms with van der Waals surface area (Å²) in [5, 5.41) is 22.6. The number of rotatable bonds is 10. The number of pyridine rings is 1. The van der Waals surface area contributed by atoms with Gasteiger partial charge >= 0.3 is 206 Å². The van der Waals surface area contributed by atoms with Gasteiger partial charge in [-0.05, 0) is 32.0 Å². The van der Waals surface area contributed by atoms with Crippen molar-refractivity contribution < 1.29 is 246 Å². The summed E-state index contributed by atoms with van der Waals surface area (Å²) in [6.45, 7) is 2.56. The van der Waals surface area contributed by atoms with Crippen LogP contribution in [0.2, 0.25) is 0 Å². The zero-order valence-corrected chi connectivity index (χ0v) is 35.6. The molecule has 0 fully saturated rings. The molecule has 38 heavy (non-hydrogen) atoms. The van der Waals surface area contributed by atoms with Crippen LogP contribution in [0.15, 0.2) is 18.2 Å². The number of hydrogen-bond acceptors (Lipinski definition) is 12. The van der Waals surface area contributed by atoms with Gasteiger partial charge < -0.3 is 50.1 Å². The van der Waals surface area contributed by atoms with Gasteiger partial charge in [-0.25, -0.2) is 6.29 Å². The summed E-state index contributed by atoms with van der Waals surface area (Å²) in [6.07, 6.45) is 3.81. The maximum atomic E-state index is 11.8. The molecule has 2 atom stereocenters. The molecule has 2 heterocycles. The molecule has 12 nitrogen and oxygen atoms in total. The molecule has 0 aliphatic carbocycles. The van der Waals surface area contributed by atoms with E-state index < -0.39 is 24.0 Å². The summed E-state index contributed by atoms with van der Waals surface area (Å²) in [5.41, 5.74) is 1.32. The second-order valence-corrected chi connectivity index (χ2v) is 7.93. The van der Waals surface area contributed by atoms with Crippen LogP contribution in [0.1, 0.15) is 37.1 Å². The Labute approximate surface area is 394 Å². The minimum atomic E-state index is -1.33. The van der Waals surface area contributed by atoms with E-state index in [9.17, 15) is 29.4 Å². The number of fused-ring (bicyclic) bond motifs is 2. The summed E-state index contributed by atoms with van der Waals surface area (Å²) in [6, 6.07) is 3.75. The molecule has 1 aromatic heterocycles. The van der Waals surface area contributed by atoms with Crippen LogP contribution in [-0.2, 0) is 32.3 Å². The number of carbonyl (C=O) groups excluding carboxylic acids is 4. The Balaban J connectivity index is -0.000000605. The fraction of sp³-hybridized carbons (Fsp3) is 0.591. The number of carboxylic acid groups (broad SMARTS) is 2. The van der Waals surface area contributed by atoms with Crippen LogP contribution in [0.3, 0.4) is 0 Å². The van der Waals surface area contributed by atoms with E-state index >= 15 is 0 Å². The van der Waals surface area contributed by atoms with Gasteiger partial charge in [-0.2, -0.15) is 6.42 Å². The zero-order valence-electron chi connectivity index (χ0n) is 23.1. The van der Waals surface area contributed by atoms with E-state index in [-0.39, 0.29) is 242 Å². The van der Waals surface area contributed by atoms with Crippen molar-refractivity contribution in [2.24, 2.45) is 0 Å². The molecule has 192 valence electrons. The molecule has 0 amide bonds. The molecule has 2 bridgehead atoms. The van der Waals surface area contributed by atoms with Gasteiger partial charge in [-0.1, -0.05) is 18.5 Å². The molecule has 0 spiro atoms. The molecule has 0 saturated heterocycles. The van der Waals surface area contributed by atoms with E-state index in [1.54, 1.807) is 17.0 Å². The molecule has 0 radical (unpaired) electrons. The van der Waals surface area contributed by atoms with Crippen molar-refractivity contribution in [2.75, 3.05) is 33.2 Å². The molecule has 0 saturated carbocycles. The van der Waals surface area contributed by atoms with Gasteiger partial charge in [0.25, 0.3) is 0 Å². The average molecular weight is 635 g/mol. The Morgan fingerprint density at radius 3 is 1.92 bits per heavy atom. The summed E-state index contributed by atoms with van der Waals surface area (Å²) < 4.78 is 0. The Bertz CT molecular complexity index is 812. The average Bonchev–Trinajstić information content (AvgIpc) is 2.75. The molecule has 2 rings (SSSR count). The molecule has 1 aliphatic rings. The Hall–Kier alpha value is 3.78. The predicted octanol–water partition coefficient (Wildman–Crippen LogP) is -14.7. The van der Waals surface area contributed by atoms with E-state index in [1.165, 1.54) is 0 Å². The van der Waals surface area contributed by atoms with E-state index in [2.05, 4.69) is 4.98 Å². The van der Waals surface area contributed by atoms with Gasteiger partial charge in [-0.15, -0.1) is 0 Å². The van der Waals surface area contributed by atoms with Gasteiger partial charge in [0.15, 0.2) is 0 Å². The monoisotopic (exact) mass is 634 g/mol. The third-order valence-corrected chi connectivity index (χ3v) is 5.56. The van der Waals surface area contributed by atoms with Crippen molar-refractivity contribution in [2.45, 2.75) is 50.9 Å². The van der Waals surface area contributed by atoms with Crippen molar-refractivity contribution in [1.82, 2.24) is 19.7 Å². The minimum absolute atomic E-state index is 0. The number of carboxylic acids is 2. The molecule has 2 N–H and O–H groups in total. The predicted molar refractivity (Wildman–Crippen MR) is 114 cm³/mol. The third kappa shape index (κ3) is 19.9. The van der Waals surface area contributed by atoms with Crippen LogP contribution in [0.25, 0.3) is 0 Å². The van der Waals surface area contributed by atoms with Gasteiger partial charge in [-0.3, -0.25) is 16.2 Å². The van der Waals surface area contributed by atoms with Crippen molar-refractivity contribution in [3.05, 3.63) is 29.6 Å². The summed E-state index contributed by atoms with van der Waals surface area (Å²) in [4.78, 5) is 55.0. The number of likely N-dealkylation sites (N-methyl/N-ethyl adjacent to an activating group) is 1. The minimum Gasteiger partial charge on any atom is -0.870 e. The first-order valence-electron chi connectivity index (χ1n) is 10.6. The maximum absolute atomic E-state index is 11.8. The number of aliphatic carboxylic acids is 2. The topological polar surface area (TPSA) is 197 Å². The second kappa shape index (κ2) is 29.5. The van der Waals surface area contributed by atoms with Crippen LogP contribution in [0, 0.1) is 0 Å². The van der Waals surface area contributed by atoms with Gasteiger partial charge in [0, 0.05) is 45.2 Å². The summed E-state index contributed by atoms with van der Waals surface area (Å²) >= 11 is 0. The molecule has 1 aliphatic heterocycles. The summed E-state index contributed by atoms with van der Waals surface area (Å²) in [7, 11) is 1.88. The van der Waals surface area contributed by atoms with Gasteiger partial charge in [0.2, 0.25) is 0 Å². The Morgan fingerprint density at radius 1 is 0.921 bits per heavy atom. The smallest absolute Gasteiger partial charge is 0.870 e. The number of nitrogens with zero attached hydrogens (tertiary/aromatic N) is 4. The second-order valence-electron chi connectivity index (χ2n) is 7.93. The maximum Gasteiger partial charge on any atom is 1.00 e. The first-order valence-corrected chi connectivity index (χ1v) is 10.6. The number of hydrogen-bond donors (Lipinski definition) is 0. The molecule has 0 unspecified atom stereocenters. The van der Waals surface area contributed by atoms with E-state index in [4.69, 9.17) is 0 Å². The summed E-state index contributed by atoms with van der Waals surface area (Å²) in [5.74, 6) is -2.64. The Kier molecular flexibility index (Phi) is 39.8. The van der Waals surface area contributed by atoms with Crippen LogP contribution in [0.5, 0.6) is 0 Å². The fourth-order valence-corrected chi connectivity index (χ4v) is 3.74. The van der Waals surface area contributed by atoms with Gasteiger partial charge in [0.05, 0.1) is 23.4 Å². The van der Waals surface area contributed by atoms with E-state index in [1.807, 2.05) is 35.5 Å². The van der Waals surface area contributed by atoms with E-state index in [0.29, 0.717) is 50.5 Å². The SMILES string of the molecule is CN1CCN([C@@H]([C-]=O)CC[C-]=O)Cc2cccc(n2)CN([C@@H](CCC(=O)[O-])C(=O)[O-])CC1.[K+].[K+].[K+].[K+].[OH-].[OH-]. The molecular formula is C22H30K4N4O8-2. The van der Waals surface area contributed by atoms with Crippen LogP contribution in [-0.4, -0.2) is 100 Å². The van der Waals surface area contributed by atoms with Crippen molar-refractivity contribution in [1.29, 1.82) is 0 Å². The number of carbonyl (C=O) groups is 2. The molecule has 1 aromatic rings. The molecule has 16 heteroatoms. The number of aromatic nitrogens is 1. The Morgan fingerprint density at radius 2 is 1.45 bits per heavy atom. The molecular weight excluding hydrogens is 605 g/mol. The van der Waals surface area contributed by atoms with Crippen LogP contribution < -0.4 is 216 Å². The van der Waals surface area contributed by atoms with Crippen molar-refractivity contribution in [3.63, 3.8) is 0 Å². The van der Waals surface area contributed by atoms with Crippen LogP contribution >= 0.6 is 0 Å². The first-order chi connectivity index (χ1) is 15.3. The fourth-order valence-electron chi connectivity index (χ4n) is 3.74. The molecule has 0 aromatic carbocycles. The largest absolute Gasteiger partial charge is 1.00 e. The first kappa shape index (κ1) is 51.4. The van der Waals surface area contributed by atoms with Crippen molar-refractivity contribution >= 4 is 24.5 Å². The van der Waals surface area contributed by atoms with Crippen molar-refractivity contribution in [3.8, 4) is 0 Å². The third-order valence-electron chi connectivity index (χ3n) is 5.56.